The minimum absolute atomic E-state index is 0.0115. The topological polar surface area (TPSA) is 83.6 Å². The highest BCUT2D eigenvalue weighted by molar-refractivity contribution is 7.94. The first-order chi connectivity index (χ1) is 11.3. The maximum atomic E-state index is 12.3. The van der Waals surface area contributed by atoms with E-state index in [1.165, 1.54) is 10.4 Å². The number of thiophene rings is 1. The molecule has 1 aromatic heterocycles. The first-order valence-electron chi connectivity index (χ1n) is 7.53. The minimum Gasteiger partial charge on any atom is -0.279 e. The van der Waals surface area contributed by atoms with Gasteiger partial charge in [0, 0.05) is 6.54 Å². The van der Waals surface area contributed by atoms with Crippen LogP contribution in [0.15, 0.2) is 39.9 Å². The molecule has 24 heavy (non-hydrogen) atoms. The molecule has 9 heteroatoms. The van der Waals surface area contributed by atoms with Crippen molar-refractivity contribution in [3.05, 3.63) is 41.3 Å². The molecule has 0 aliphatic carbocycles. The second kappa shape index (κ2) is 6.38. The van der Waals surface area contributed by atoms with Crippen LogP contribution in [0.1, 0.15) is 18.9 Å². The number of fused-ring (bicyclic) bond motifs is 1. The number of benzene rings is 1. The molecule has 1 aliphatic heterocycles. The van der Waals surface area contributed by atoms with Crippen LogP contribution in [0, 0.1) is 0 Å². The Kier molecular flexibility index (Phi) is 4.58. The Morgan fingerprint density at radius 1 is 1.21 bits per heavy atom. The van der Waals surface area contributed by atoms with E-state index in [1.807, 2.05) is 0 Å². The third kappa shape index (κ3) is 3.28. The zero-order valence-corrected chi connectivity index (χ0v) is 15.5. The summed E-state index contributed by atoms with van der Waals surface area (Å²) in [6.07, 6.45) is 1.54. The van der Waals surface area contributed by atoms with Crippen molar-refractivity contribution < 1.29 is 16.8 Å². The summed E-state index contributed by atoms with van der Waals surface area (Å²) >= 11 is 1.13. The fourth-order valence-electron chi connectivity index (χ4n) is 2.67. The van der Waals surface area contributed by atoms with Gasteiger partial charge >= 0.3 is 0 Å². The van der Waals surface area contributed by atoms with Crippen LogP contribution in [-0.2, 0) is 26.5 Å². The lowest BCUT2D eigenvalue weighted by molar-refractivity contribution is 0.588. The molecule has 0 bridgehead atoms. The minimum atomic E-state index is -3.65. The highest BCUT2D eigenvalue weighted by Gasteiger charge is 2.27. The van der Waals surface area contributed by atoms with Gasteiger partial charge in [-0.1, -0.05) is 12.1 Å². The van der Waals surface area contributed by atoms with Crippen LogP contribution >= 0.6 is 11.3 Å². The van der Waals surface area contributed by atoms with E-state index in [0.717, 1.165) is 29.7 Å². The molecule has 6 nitrogen and oxygen atoms in total. The molecule has 0 unspecified atom stereocenters. The Balaban J connectivity index is 1.97. The standard InChI is InChI=1S/C15H18N2O4S3/c1-2-23(18,19)17-9-3-5-12-7-8-13(11-14(12)17)16-24(20,21)15-6-4-10-22-15/h4,6-8,10-11,16H,2-3,5,9H2,1H3. The van der Waals surface area contributed by atoms with Gasteiger partial charge in [-0.15, -0.1) is 11.3 Å². The summed E-state index contributed by atoms with van der Waals surface area (Å²) in [4.78, 5) is 0. The second-order valence-corrected chi connectivity index (χ2v) is 10.5. The largest absolute Gasteiger partial charge is 0.279 e. The highest BCUT2D eigenvalue weighted by Crippen LogP contribution is 2.33. The van der Waals surface area contributed by atoms with Gasteiger partial charge in [0.2, 0.25) is 10.0 Å². The molecule has 0 fully saturated rings. The van der Waals surface area contributed by atoms with E-state index in [2.05, 4.69) is 4.72 Å². The number of rotatable bonds is 5. The van der Waals surface area contributed by atoms with E-state index in [-0.39, 0.29) is 9.96 Å². The molecule has 130 valence electrons. The van der Waals surface area contributed by atoms with Crippen LogP contribution in [0.3, 0.4) is 0 Å². The van der Waals surface area contributed by atoms with E-state index in [4.69, 9.17) is 0 Å². The first kappa shape index (κ1) is 17.2. The lowest BCUT2D eigenvalue weighted by atomic mass is 10.0. The van der Waals surface area contributed by atoms with Crippen molar-refractivity contribution in [2.24, 2.45) is 0 Å². The van der Waals surface area contributed by atoms with Gasteiger partial charge in [-0.2, -0.15) is 0 Å². The van der Waals surface area contributed by atoms with Gasteiger partial charge in [0.15, 0.2) is 0 Å². The third-order valence-corrected chi connectivity index (χ3v) is 8.43. The van der Waals surface area contributed by atoms with Gasteiger partial charge in [-0.05, 0) is 48.9 Å². The molecule has 1 aromatic carbocycles. The quantitative estimate of drug-likeness (QED) is 0.856. The van der Waals surface area contributed by atoms with Crippen LogP contribution in [-0.4, -0.2) is 29.1 Å². The second-order valence-electron chi connectivity index (χ2n) is 5.46. The molecular weight excluding hydrogens is 368 g/mol. The SMILES string of the molecule is CCS(=O)(=O)N1CCCc2ccc(NS(=O)(=O)c3cccs3)cc21. The zero-order valence-electron chi connectivity index (χ0n) is 13.1. The third-order valence-electron chi connectivity index (χ3n) is 3.87. The highest BCUT2D eigenvalue weighted by atomic mass is 32.2. The monoisotopic (exact) mass is 386 g/mol. The lowest BCUT2D eigenvalue weighted by Crippen LogP contribution is -2.36. The summed E-state index contributed by atoms with van der Waals surface area (Å²) in [6, 6.07) is 8.26. The lowest BCUT2D eigenvalue weighted by Gasteiger charge is -2.30. The molecule has 0 saturated carbocycles. The number of aryl methyl sites for hydroxylation is 1. The summed E-state index contributed by atoms with van der Waals surface area (Å²) in [5, 5.41) is 1.69. The molecule has 0 atom stereocenters. The van der Waals surface area contributed by atoms with Crippen molar-refractivity contribution >= 4 is 42.8 Å². The Morgan fingerprint density at radius 3 is 2.67 bits per heavy atom. The van der Waals surface area contributed by atoms with Crippen LogP contribution < -0.4 is 9.03 Å². The number of anilines is 2. The van der Waals surface area contributed by atoms with Crippen LogP contribution in [0.5, 0.6) is 0 Å². The van der Waals surface area contributed by atoms with Crippen molar-refractivity contribution in [1.29, 1.82) is 0 Å². The van der Waals surface area contributed by atoms with Gasteiger partial charge in [0.1, 0.15) is 4.21 Å². The van der Waals surface area contributed by atoms with Crippen molar-refractivity contribution in [2.75, 3.05) is 21.3 Å². The van der Waals surface area contributed by atoms with Gasteiger partial charge in [-0.25, -0.2) is 16.8 Å². The Labute approximate surface area is 146 Å². The van der Waals surface area contributed by atoms with Crippen LogP contribution in [0.4, 0.5) is 11.4 Å². The predicted molar refractivity (Wildman–Crippen MR) is 96.7 cm³/mol. The predicted octanol–water partition coefficient (Wildman–Crippen LogP) is 2.65. The summed E-state index contributed by atoms with van der Waals surface area (Å²) in [7, 11) is -7.03. The summed E-state index contributed by atoms with van der Waals surface area (Å²) in [5.74, 6) is 0.0115. The molecule has 3 rings (SSSR count). The smallest absolute Gasteiger partial charge is 0.271 e. The molecular formula is C15H18N2O4S3. The fraction of sp³-hybridized carbons (Fsp3) is 0.333. The normalized spacial score (nSPS) is 15.1. The van der Waals surface area contributed by atoms with Gasteiger partial charge in [0.25, 0.3) is 10.0 Å². The number of nitrogens with one attached hydrogen (secondary N) is 1. The van der Waals surface area contributed by atoms with Crippen LogP contribution in [0.25, 0.3) is 0 Å². The molecule has 2 aromatic rings. The maximum Gasteiger partial charge on any atom is 0.271 e. The summed E-state index contributed by atoms with van der Waals surface area (Å²) < 4.78 is 53.4. The molecule has 0 spiro atoms. The Hall–Kier alpha value is -1.58. The van der Waals surface area contributed by atoms with Gasteiger partial charge in [-0.3, -0.25) is 9.03 Å². The fourth-order valence-corrected chi connectivity index (χ4v) is 5.90. The Bertz CT molecular complexity index is 935. The molecule has 0 amide bonds. The Morgan fingerprint density at radius 2 is 2.00 bits per heavy atom. The maximum absolute atomic E-state index is 12.3. The average molecular weight is 387 g/mol. The van der Waals surface area contributed by atoms with E-state index in [0.29, 0.717) is 17.9 Å². The van der Waals surface area contributed by atoms with Gasteiger partial charge in [0.05, 0.1) is 17.1 Å². The number of sulfonamides is 2. The first-order valence-corrected chi connectivity index (χ1v) is 11.5. The van der Waals surface area contributed by atoms with E-state index < -0.39 is 20.0 Å². The molecule has 1 N–H and O–H groups in total. The van der Waals surface area contributed by atoms with Crippen molar-refractivity contribution in [3.63, 3.8) is 0 Å². The van der Waals surface area contributed by atoms with E-state index in [9.17, 15) is 16.8 Å². The molecule has 0 radical (unpaired) electrons. The number of hydrogen-bond acceptors (Lipinski definition) is 5. The average Bonchev–Trinajstić information content (AvgIpc) is 3.09. The summed E-state index contributed by atoms with van der Waals surface area (Å²) in [5.41, 5.74) is 1.84. The van der Waals surface area contributed by atoms with Crippen LogP contribution in [0.2, 0.25) is 0 Å². The van der Waals surface area contributed by atoms with Crippen molar-refractivity contribution in [1.82, 2.24) is 0 Å². The van der Waals surface area contributed by atoms with Crippen molar-refractivity contribution in [3.8, 4) is 0 Å². The zero-order chi connectivity index (χ0) is 17.4. The van der Waals surface area contributed by atoms with Gasteiger partial charge < -0.3 is 0 Å². The molecule has 0 saturated heterocycles. The van der Waals surface area contributed by atoms with Crippen molar-refractivity contribution in [2.45, 2.75) is 24.0 Å². The number of nitrogens with zero attached hydrogens (tertiary/aromatic N) is 1. The van der Waals surface area contributed by atoms with E-state index in [1.54, 1.807) is 36.6 Å². The number of hydrogen-bond donors (Lipinski definition) is 1. The molecule has 1 aliphatic rings. The molecule has 2 heterocycles. The summed E-state index contributed by atoms with van der Waals surface area (Å²) in [6.45, 7) is 2.03. The van der Waals surface area contributed by atoms with E-state index >= 15 is 0 Å².